The number of esters is 2. The van der Waals surface area contributed by atoms with Gasteiger partial charge >= 0.3 is 17.9 Å². The molecular weight excluding hydrogens is 298 g/mol. The Hall–Kier alpha value is -1.59. The number of carboxylic acids is 1. The molecule has 0 radical (unpaired) electrons. The normalized spacial score (nSPS) is 21.0. The largest absolute Gasteiger partial charge is 0.480 e. The molecule has 0 aliphatic carbocycles. The number of carbonyl (C=O) groups excluding carboxylic acids is 2. The average Bonchev–Trinajstić information content (AvgIpc) is 3.00. The minimum Gasteiger partial charge on any atom is -0.480 e. The fourth-order valence-corrected chi connectivity index (χ4v) is 1.40. The van der Waals surface area contributed by atoms with Gasteiger partial charge in [0.1, 0.15) is 18.1 Å². The van der Waals surface area contributed by atoms with Crippen LogP contribution in [0, 0.1) is 0 Å². The fourth-order valence-electron chi connectivity index (χ4n) is 1.40. The molecule has 0 unspecified atom stereocenters. The molecule has 0 bridgehead atoms. The quantitative estimate of drug-likeness (QED) is 0.224. The Kier molecular flexibility index (Phi) is 9.45. The number of aliphatic carboxylic acids is 1. The van der Waals surface area contributed by atoms with Crippen molar-refractivity contribution in [1.82, 2.24) is 5.32 Å². The number of ether oxygens (including phenoxy) is 1. The molecule has 10 heteroatoms. The van der Waals surface area contributed by atoms with Gasteiger partial charge in [-0.2, -0.15) is 0 Å². The Morgan fingerprint density at radius 3 is 2.27 bits per heavy atom. The van der Waals surface area contributed by atoms with Crippen molar-refractivity contribution in [3.8, 4) is 0 Å². The first-order valence-corrected chi connectivity index (χ1v) is 6.72. The van der Waals surface area contributed by atoms with Gasteiger partial charge in [0.05, 0.1) is 12.7 Å². The molecule has 128 valence electrons. The third-order valence-corrected chi connectivity index (χ3v) is 2.85. The van der Waals surface area contributed by atoms with Crippen molar-refractivity contribution < 1.29 is 34.4 Å². The molecule has 0 aromatic rings. The van der Waals surface area contributed by atoms with Crippen LogP contribution in [-0.4, -0.2) is 70.6 Å². The summed E-state index contributed by atoms with van der Waals surface area (Å²) in [6, 6.07) is -2.72. The highest BCUT2D eigenvalue weighted by Gasteiger charge is 2.29. The Labute approximate surface area is 127 Å². The highest BCUT2D eigenvalue weighted by molar-refractivity contribution is 5.91. The van der Waals surface area contributed by atoms with Crippen LogP contribution < -0.4 is 16.8 Å². The Balaban J connectivity index is 0.000000534. The van der Waals surface area contributed by atoms with Crippen LogP contribution in [0.3, 0.4) is 0 Å². The molecule has 10 nitrogen and oxygen atoms in total. The van der Waals surface area contributed by atoms with E-state index in [0.29, 0.717) is 6.42 Å². The molecule has 0 amide bonds. The number of nitrogens with one attached hydrogen (secondary N) is 1. The second kappa shape index (κ2) is 10.2. The van der Waals surface area contributed by atoms with Gasteiger partial charge in [-0.3, -0.25) is 4.79 Å². The zero-order chi connectivity index (χ0) is 17.3. The van der Waals surface area contributed by atoms with Crippen molar-refractivity contribution >= 4 is 17.9 Å². The lowest BCUT2D eigenvalue weighted by Crippen LogP contribution is -2.44. The van der Waals surface area contributed by atoms with E-state index in [1.165, 1.54) is 6.92 Å². The summed E-state index contributed by atoms with van der Waals surface area (Å²) in [5.74, 6) is -2.68. The lowest BCUT2D eigenvalue weighted by atomic mass is 10.2. The molecule has 0 aromatic heterocycles. The minimum absolute atomic E-state index is 0.421. The fraction of sp³-hybridized carbons (Fsp3) is 0.750. The van der Waals surface area contributed by atoms with Crippen LogP contribution in [0.25, 0.3) is 0 Å². The van der Waals surface area contributed by atoms with E-state index in [0.717, 1.165) is 13.0 Å². The first-order chi connectivity index (χ1) is 10.2. The van der Waals surface area contributed by atoms with Crippen LogP contribution in [0.15, 0.2) is 0 Å². The number of carbonyl (C=O) groups is 3. The molecule has 0 aromatic carbocycles. The summed E-state index contributed by atoms with van der Waals surface area (Å²) >= 11 is 0. The van der Waals surface area contributed by atoms with Crippen molar-refractivity contribution in [3.63, 3.8) is 0 Å². The van der Waals surface area contributed by atoms with Gasteiger partial charge in [-0.1, -0.05) is 0 Å². The number of hydrogen-bond acceptors (Lipinski definition) is 9. The van der Waals surface area contributed by atoms with E-state index >= 15 is 0 Å². The third-order valence-electron chi connectivity index (χ3n) is 2.85. The smallest absolute Gasteiger partial charge is 0.333 e. The Bertz CT molecular complexity index is 371. The maximum absolute atomic E-state index is 11.3. The number of carboxylic acid groups (broad SMARTS) is 1. The van der Waals surface area contributed by atoms with Crippen molar-refractivity contribution in [3.05, 3.63) is 0 Å². The molecule has 4 atom stereocenters. The van der Waals surface area contributed by atoms with Crippen LogP contribution in [0.4, 0.5) is 0 Å². The molecule has 22 heavy (non-hydrogen) atoms. The van der Waals surface area contributed by atoms with Gasteiger partial charge in [0, 0.05) is 0 Å². The van der Waals surface area contributed by atoms with Gasteiger partial charge in [0.25, 0.3) is 0 Å². The monoisotopic (exact) mass is 321 g/mol. The zero-order valence-corrected chi connectivity index (χ0v) is 12.3. The summed E-state index contributed by atoms with van der Waals surface area (Å²) in [4.78, 5) is 32.2. The van der Waals surface area contributed by atoms with Crippen molar-refractivity contribution in [2.75, 3.05) is 13.2 Å². The van der Waals surface area contributed by atoms with Gasteiger partial charge in [0.2, 0.25) is 0 Å². The molecule has 1 fully saturated rings. The van der Waals surface area contributed by atoms with E-state index in [1.54, 1.807) is 0 Å². The van der Waals surface area contributed by atoms with Gasteiger partial charge in [-0.15, -0.1) is 0 Å². The van der Waals surface area contributed by atoms with Crippen LogP contribution >= 0.6 is 0 Å². The number of aliphatic hydroxyl groups is 2. The molecule has 1 heterocycles. The second-order valence-electron chi connectivity index (χ2n) is 4.78. The van der Waals surface area contributed by atoms with E-state index in [-0.39, 0.29) is 0 Å². The maximum atomic E-state index is 11.3. The first-order valence-electron chi connectivity index (χ1n) is 6.72. The van der Waals surface area contributed by atoms with Gasteiger partial charge in [-0.25, -0.2) is 9.59 Å². The number of nitrogens with two attached hydrogens (primary N) is 2. The van der Waals surface area contributed by atoms with Gasteiger partial charge in [-0.05, 0) is 26.3 Å². The van der Waals surface area contributed by atoms with Crippen LogP contribution in [-0.2, 0) is 19.1 Å². The minimum atomic E-state index is -1.18. The molecule has 0 spiro atoms. The summed E-state index contributed by atoms with van der Waals surface area (Å²) in [6.45, 7) is 1.61. The summed E-state index contributed by atoms with van der Waals surface area (Å²) < 4.78 is 4.53. The number of rotatable bonds is 5. The molecule has 1 aliphatic rings. The highest BCUT2D eigenvalue weighted by atomic mass is 16.6. The summed E-state index contributed by atoms with van der Waals surface area (Å²) in [6.07, 6.45) is 0.522. The standard InChI is InChI=1S/C9H16N2O4.C3H7NO3/c1-5(12)7(10)9(14)15-8(13)6-3-2-4-11-6;4-2(1-5)3(6)7/h5-7,11-12H,2-4,10H2,1H3;2,5H,1,4H2,(H,6,7)/t5-,6+,7+;2-/m10/s1. The van der Waals surface area contributed by atoms with E-state index in [4.69, 9.17) is 26.8 Å². The van der Waals surface area contributed by atoms with E-state index in [9.17, 15) is 14.4 Å². The predicted molar refractivity (Wildman–Crippen MR) is 74.5 cm³/mol. The molecule has 1 aliphatic heterocycles. The van der Waals surface area contributed by atoms with E-state index in [1.807, 2.05) is 0 Å². The van der Waals surface area contributed by atoms with Crippen LogP contribution in [0.5, 0.6) is 0 Å². The van der Waals surface area contributed by atoms with Crippen LogP contribution in [0.2, 0.25) is 0 Å². The maximum Gasteiger partial charge on any atom is 0.333 e. The number of hydrogen-bond donors (Lipinski definition) is 6. The summed E-state index contributed by atoms with van der Waals surface area (Å²) in [5.41, 5.74) is 10.1. The number of aliphatic hydroxyl groups excluding tert-OH is 2. The molecule has 1 rings (SSSR count). The van der Waals surface area contributed by atoms with E-state index < -0.39 is 48.7 Å². The summed E-state index contributed by atoms with van der Waals surface area (Å²) in [7, 11) is 0. The Morgan fingerprint density at radius 1 is 1.36 bits per heavy atom. The SMILES string of the molecule is C[C@@H](O)[C@H](N)C(=O)OC(=O)[C@@H]1CCCN1.N[C@@H](CO)C(=O)O. The van der Waals surface area contributed by atoms with Gasteiger partial charge < -0.3 is 36.8 Å². The van der Waals surface area contributed by atoms with Crippen molar-refractivity contribution in [1.29, 1.82) is 0 Å². The third kappa shape index (κ3) is 7.43. The average molecular weight is 321 g/mol. The van der Waals surface area contributed by atoms with Crippen molar-refractivity contribution in [2.45, 2.75) is 44.0 Å². The highest BCUT2D eigenvalue weighted by Crippen LogP contribution is 2.07. The van der Waals surface area contributed by atoms with E-state index in [2.05, 4.69) is 10.1 Å². The lowest BCUT2D eigenvalue weighted by molar-refractivity contribution is -0.163. The molecular formula is C12H23N3O7. The van der Waals surface area contributed by atoms with Crippen LogP contribution in [0.1, 0.15) is 19.8 Å². The second-order valence-corrected chi connectivity index (χ2v) is 4.78. The van der Waals surface area contributed by atoms with Gasteiger partial charge in [0.15, 0.2) is 0 Å². The van der Waals surface area contributed by atoms with Crippen molar-refractivity contribution in [2.24, 2.45) is 11.5 Å². The lowest BCUT2D eigenvalue weighted by Gasteiger charge is -2.14. The predicted octanol–water partition coefficient (Wildman–Crippen LogP) is -3.09. The molecule has 0 saturated carbocycles. The Morgan fingerprint density at radius 2 is 1.95 bits per heavy atom. The molecule has 1 saturated heterocycles. The summed E-state index contributed by atoms with van der Waals surface area (Å²) in [5, 5.41) is 27.8. The zero-order valence-electron chi connectivity index (χ0n) is 12.3. The first kappa shape index (κ1) is 20.4. The molecule has 8 N–H and O–H groups in total. The topological polar surface area (TPSA) is 185 Å².